The van der Waals surface area contributed by atoms with Crippen LogP contribution in [0.1, 0.15) is 32.1 Å². The summed E-state index contributed by atoms with van der Waals surface area (Å²) < 4.78 is 5.12. The van der Waals surface area contributed by atoms with E-state index in [1.54, 1.807) is 0 Å². The van der Waals surface area contributed by atoms with Gasteiger partial charge in [0.15, 0.2) is 0 Å². The lowest BCUT2D eigenvalue weighted by Crippen LogP contribution is -2.35. The number of hydrogen-bond acceptors (Lipinski definition) is 4. The maximum atomic E-state index is 11.2. The molecule has 1 rings (SSSR count). The zero-order chi connectivity index (χ0) is 10.4. The average molecular weight is 217 g/mol. The Bertz CT molecular complexity index is 181. The van der Waals surface area contributed by atoms with Crippen molar-refractivity contribution >= 4 is 18.6 Å². The third-order valence-corrected chi connectivity index (χ3v) is 3.08. The second-order valence-corrected chi connectivity index (χ2v) is 4.29. The highest BCUT2D eigenvalue weighted by atomic mass is 32.1. The number of carbonyl (C=O) groups excluding carboxylic acids is 1. The van der Waals surface area contributed by atoms with E-state index in [1.807, 2.05) is 0 Å². The van der Waals surface area contributed by atoms with E-state index in [2.05, 4.69) is 12.6 Å². The fourth-order valence-electron chi connectivity index (χ4n) is 1.74. The number of thiol groups is 1. The van der Waals surface area contributed by atoms with Gasteiger partial charge in [0.1, 0.15) is 6.04 Å². The summed E-state index contributed by atoms with van der Waals surface area (Å²) in [7, 11) is 0. The lowest BCUT2D eigenvalue weighted by molar-refractivity contribution is -0.146. The minimum Gasteiger partial charge on any atom is -0.464 e. The molecule has 0 unspecified atom stereocenters. The highest BCUT2D eigenvalue weighted by Crippen LogP contribution is 2.23. The first-order valence-corrected chi connectivity index (χ1v) is 5.90. The van der Waals surface area contributed by atoms with E-state index in [1.165, 1.54) is 32.1 Å². The van der Waals surface area contributed by atoms with Crippen LogP contribution in [0.15, 0.2) is 0 Å². The van der Waals surface area contributed by atoms with Crippen molar-refractivity contribution in [3.8, 4) is 0 Å². The van der Waals surface area contributed by atoms with Gasteiger partial charge in [-0.3, -0.25) is 4.79 Å². The molecule has 1 atom stereocenters. The van der Waals surface area contributed by atoms with Crippen LogP contribution in [-0.2, 0) is 9.53 Å². The van der Waals surface area contributed by atoms with Crippen molar-refractivity contribution in [2.45, 2.75) is 38.1 Å². The Morgan fingerprint density at radius 1 is 1.43 bits per heavy atom. The van der Waals surface area contributed by atoms with Crippen molar-refractivity contribution in [2.24, 2.45) is 11.7 Å². The molecule has 0 amide bonds. The summed E-state index contributed by atoms with van der Waals surface area (Å²) in [5.41, 5.74) is 5.48. The molecule has 14 heavy (non-hydrogen) atoms. The molecule has 0 heterocycles. The SMILES string of the molecule is N[C@@H](CS)C(=O)OCC1CCCCC1. The second-order valence-electron chi connectivity index (χ2n) is 3.92. The van der Waals surface area contributed by atoms with Gasteiger partial charge in [0, 0.05) is 5.75 Å². The molecule has 0 aromatic heterocycles. The van der Waals surface area contributed by atoms with E-state index in [0.29, 0.717) is 18.3 Å². The summed E-state index contributed by atoms with van der Waals surface area (Å²) in [5.74, 6) is 0.592. The Kier molecular flexibility index (Phi) is 5.33. The molecule has 1 fully saturated rings. The average Bonchev–Trinajstić information content (AvgIpc) is 2.26. The molecule has 1 saturated carbocycles. The summed E-state index contributed by atoms with van der Waals surface area (Å²) in [5, 5.41) is 0. The number of nitrogens with two attached hydrogens (primary N) is 1. The number of ether oxygens (including phenoxy) is 1. The summed E-state index contributed by atoms with van der Waals surface area (Å²) in [4.78, 5) is 11.2. The van der Waals surface area contributed by atoms with E-state index in [9.17, 15) is 4.79 Å². The molecule has 0 bridgehead atoms. The van der Waals surface area contributed by atoms with E-state index in [0.717, 1.165) is 0 Å². The first-order chi connectivity index (χ1) is 6.74. The predicted octanol–water partition coefficient (Wildman–Crippen LogP) is 1.37. The third kappa shape index (κ3) is 3.88. The fourth-order valence-corrected chi connectivity index (χ4v) is 1.88. The lowest BCUT2D eigenvalue weighted by atomic mass is 9.90. The summed E-state index contributed by atoms with van der Waals surface area (Å²) in [6, 6.07) is -0.568. The van der Waals surface area contributed by atoms with Crippen LogP contribution < -0.4 is 5.73 Å². The van der Waals surface area contributed by atoms with Crippen LogP contribution >= 0.6 is 12.6 Å². The summed E-state index contributed by atoms with van der Waals surface area (Å²) >= 11 is 3.95. The van der Waals surface area contributed by atoms with Crippen LogP contribution in [0.3, 0.4) is 0 Å². The van der Waals surface area contributed by atoms with E-state index < -0.39 is 6.04 Å². The van der Waals surface area contributed by atoms with Gasteiger partial charge >= 0.3 is 5.97 Å². The smallest absolute Gasteiger partial charge is 0.323 e. The molecule has 0 saturated heterocycles. The zero-order valence-electron chi connectivity index (χ0n) is 8.45. The largest absolute Gasteiger partial charge is 0.464 e. The van der Waals surface area contributed by atoms with E-state index >= 15 is 0 Å². The molecule has 0 aliphatic heterocycles. The molecular weight excluding hydrogens is 198 g/mol. The van der Waals surface area contributed by atoms with Crippen LogP contribution in [0.4, 0.5) is 0 Å². The lowest BCUT2D eigenvalue weighted by Gasteiger charge is -2.21. The molecule has 0 aromatic carbocycles. The number of hydrogen-bond donors (Lipinski definition) is 2. The van der Waals surface area contributed by atoms with Gasteiger partial charge in [0.05, 0.1) is 6.61 Å². The number of rotatable bonds is 4. The minimum absolute atomic E-state index is 0.314. The third-order valence-electron chi connectivity index (χ3n) is 2.69. The summed E-state index contributed by atoms with van der Waals surface area (Å²) in [6.07, 6.45) is 6.22. The monoisotopic (exact) mass is 217 g/mol. The molecule has 0 radical (unpaired) electrons. The standard InChI is InChI=1S/C10H19NO2S/c11-9(7-14)10(12)13-6-8-4-2-1-3-5-8/h8-9,14H,1-7,11H2/t9-/m0/s1. The number of carbonyl (C=O) groups is 1. The van der Waals surface area contributed by atoms with Gasteiger partial charge in [-0.25, -0.2) is 0 Å². The van der Waals surface area contributed by atoms with Crippen molar-refractivity contribution in [3.05, 3.63) is 0 Å². The molecular formula is C10H19NO2S. The van der Waals surface area contributed by atoms with Crippen LogP contribution in [0.5, 0.6) is 0 Å². The fraction of sp³-hybridized carbons (Fsp3) is 0.900. The van der Waals surface area contributed by atoms with Crippen LogP contribution in [0.25, 0.3) is 0 Å². The topological polar surface area (TPSA) is 52.3 Å². The van der Waals surface area contributed by atoms with Gasteiger partial charge in [0.25, 0.3) is 0 Å². The van der Waals surface area contributed by atoms with Crippen molar-refractivity contribution < 1.29 is 9.53 Å². The van der Waals surface area contributed by atoms with Crippen molar-refractivity contribution in [1.82, 2.24) is 0 Å². The quantitative estimate of drug-likeness (QED) is 0.552. The molecule has 0 spiro atoms. The highest BCUT2D eigenvalue weighted by molar-refractivity contribution is 7.80. The normalized spacial score (nSPS) is 20.4. The Balaban J connectivity index is 2.15. The Morgan fingerprint density at radius 2 is 2.07 bits per heavy atom. The second kappa shape index (κ2) is 6.30. The Labute approximate surface area is 90.8 Å². The molecule has 0 aromatic rings. The number of esters is 1. The Morgan fingerprint density at radius 3 is 2.64 bits per heavy atom. The van der Waals surface area contributed by atoms with Crippen molar-refractivity contribution in [1.29, 1.82) is 0 Å². The van der Waals surface area contributed by atoms with Gasteiger partial charge in [0.2, 0.25) is 0 Å². The van der Waals surface area contributed by atoms with Crippen LogP contribution in [0, 0.1) is 5.92 Å². The Hall–Kier alpha value is -0.220. The molecule has 2 N–H and O–H groups in total. The van der Waals surface area contributed by atoms with Crippen molar-refractivity contribution in [3.63, 3.8) is 0 Å². The van der Waals surface area contributed by atoms with Crippen molar-refractivity contribution in [2.75, 3.05) is 12.4 Å². The van der Waals surface area contributed by atoms with E-state index in [-0.39, 0.29) is 5.97 Å². The van der Waals surface area contributed by atoms with Gasteiger partial charge in [-0.1, -0.05) is 19.3 Å². The molecule has 1 aliphatic carbocycles. The van der Waals surface area contributed by atoms with Gasteiger partial charge in [-0.2, -0.15) is 12.6 Å². The zero-order valence-corrected chi connectivity index (χ0v) is 9.34. The summed E-state index contributed by atoms with van der Waals surface area (Å²) in [6.45, 7) is 0.542. The highest BCUT2D eigenvalue weighted by Gasteiger charge is 2.18. The minimum atomic E-state index is -0.568. The molecule has 4 heteroatoms. The van der Waals surface area contributed by atoms with Gasteiger partial charge in [-0.15, -0.1) is 0 Å². The van der Waals surface area contributed by atoms with Crippen LogP contribution in [0.2, 0.25) is 0 Å². The predicted molar refractivity (Wildman–Crippen MR) is 59.4 cm³/mol. The molecule has 3 nitrogen and oxygen atoms in total. The van der Waals surface area contributed by atoms with Gasteiger partial charge < -0.3 is 10.5 Å². The van der Waals surface area contributed by atoms with E-state index in [4.69, 9.17) is 10.5 Å². The first kappa shape index (κ1) is 11.9. The molecule has 82 valence electrons. The van der Waals surface area contributed by atoms with Crippen LogP contribution in [-0.4, -0.2) is 24.4 Å². The molecule has 1 aliphatic rings. The maximum Gasteiger partial charge on any atom is 0.323 e. The maximum absolute atomic E-state index is 11.2. The van der Waals surface area contributed by atoms with Gasteiger partial charge in [-0.05, 0) is 18.8 Å². The first-order valence-electron chi connectivity index (χ1n) is 5.27.